The molecule has 0 rings (SSSR count). The number of esters is 1. The predicted octanol–water partition coefficient (Wildman–Crippen LogP) is 7.77. The number of allylic oxidation sites excluding steroid dienone is 3. The SMILES string of the molecule is CCCCCC/C=C\C/C=C\C(CCCCCCCCC(=O)O)OC(=O)CCCC. The molecule has 1 atom stereocenters. The maximum Gasteiger partial charge on any atom is 0.306 e. The number of carboxylic acid groups (broad SMARTS) is 1. The van der Waals surface area contributed by atoms with E-state index in [0.717, 1.165) is 70.6 Å². The van der Waals surface area contributed by atoms with Gasteiger partial charge in [-0.3, -0.25) is 9.59 Å². The van der Waals surface area contributed by atoms with Crippen molar-refractivity contribution in [3.05, 3.63) is 24.3 Å². The second kappa shape index (κ2) is 22.1. The molecule has 0 aromatic carbocycles. The van der Waals surface area contributed by atoms with Crippen molar-refractivity contribution in [2.24, 2.45) is 0 Å². The molecule has 0 heterocycles. The molecule has 0 saturated heterocycles. The van der Waals surface area contributed by atoms with E-state index in [-0.39, 0.29) is 18.5 Å². The van der Waals surface area contributed by atoms with Crippen LogP contribution in [0.15, 0.2) is 24.3 Å². The molecule has 1 N–H and O–H groups in total. The van der Waals surface area contributed by atoms with E-state index < -0.39 is 5.97 Å². The highest BCUT2D eigenvalue weighted by molar-refractivity contribution is 5.69. The van der Waals surface area contributed by atoms with Gasteiger partial charge in [0.25, 0.3) is 0 Å². The Balaban J connectivity index is 4.13. The largest absolute Gasteiger partial charge is 0.481 e. The summed E-state index contributed by atoms with van der Waals surface area (Å²) in [5, 5.41) is 8.65. The molecule has 0 aromatic rings. The Morgan fingerprint density at radius 3 is 2.13 bits per heavy atom. The predicted molar refractivity (Wildman–Crippen MR) is 126 cm³/mol. The van der Waals surface area contributed by atoms with Gasteiger partial charge in [0.2, 0.25) is 0 Å². The van der Waals surface area contributed by atoms with Crippen molar-refractivity contribution in [2.75, 3.05) is 0 Å². The minimum absolute atomic E-state index is 0.0911. The smallest absolute Gasteiger partial charge is 0.306 e. The summed E-state index contributed by atoms with van der Waals surface area (Å²) in [6, 6.07) is 0. The van der Waals surface area contributed by atoms with Gasteiger partial charge in [-0.2, -0.15) is 0 Å². The Kier molecular flexibility index (Phi) is 20.9. The van der Waals surface area contributed by atoms with E-state index >= 15 is 0 Å². The Morgan fingerprint density at radius 2 is 1.43 bits per heavy atom. The lowest BCUT2D eigenvalue weighted by Crippen LogP contribution is -2.16. The summed E-state index contributed by atoms with van der Waals surface area (Å²) in [5.74, 6) is -0.799. The molecule has 174 valence electrons. The fraction of sp³-hybridized carbons (Fsp3) is 0.769. The Hall–Kier alpha value is -1.58. The van der Waals surface area contributed by atoms with Gasteiger partial charge in [-0.15, -0.1) is 0 Å². The standard InChI is InChI=1S/C26H46O4/c1-3-5-7-8-9-10-11-14-17-20-24(30-26(29)23-6-4-2)21-18-15-12-13-16-19-22-25(27)28/h10-11,17,20,24H,3-9,12-16,18-19,21-23H2,1-2H3,(H,27,28)/b11-10-,20-17-. The molecular formula is C26H46O4. The number of hydrogen-bond donors (Lipinski definition) is 1. The topological polar surface area (TPSA) is 63.6 Å². The maximum absolute atomic E-state index is 12.0. The normalized spacial score (nSPS) is 12.6. The van der Waals surface area contributed by atoms with E-state index in [1.807, 2.05) is 0 Å². The van der Waals surface area contributed by atoms with Gasteiger partial charge in [0.05, 0.1) is 0 Å². The van der Waals surface area contributed by atoms with Crippen molar-refractivity contribution in [1.29, 1.82) is 0 Å². The number of ether oxygens (including phenoxy) is 1. The van der Waals surface area contributed by atoms with Gasteiger partial charge >= 0.3 is 11.9 Å². The fourth-order valence-electron chi connectivity index (χ4n) is 3.28. The zero-order valence-electron chi connectivity index (χ0n) is 19.6. The van der Waals surface area contributed by atoms with Gasteiger partial charge < -0.3 is 9.84 Å². The highest BCUT2D eigenvalue weighted by atomic mass is 16.5. The number of hydrogen-bond acceptors (Lipinski definition) is 3. The Bertz CT molecular complexity index is 468. The van der Waals surface area contributed by atoms with Crippen molar-refractivity contribution in [3.8, 4) is 0 Å². The van der Waals surface area contributed by atoms with E-state index in [1.54, 1.807) is 0 Å². The summed E-state index contributed by atoms with van der Waals surface area (Å²) in [5.41, 5.74) is 0. The van der Waals surface area contributed by atoms with Crippen molar-refractivity contribution < 1.29 is 19.4 Å². The van der Waals surface area contributed by atoms with Gasteiger partial charge in [0.1, 0.15) is 6.10 Å². The molecule has 0 amide bonds. The van der Waals surface area contributed by atoms with Crippen molar-refractivity contribution in [2.45, 2.75) is 129 Å². The maximum atomic E-state index is 12.0. The van der Waals surface area contributed by atoms with Crippen molar-refractivity contribution >= 4 is 11.9 Å². The number of aliphatic carboxylic acids is 1. The van der Waals surface area contributed by atoms with Gasteiger partial charge in [0, 0.05) is 12.8 Å². The first-order valence-corrected chi connectivity index (χ1v) is 12.3. The number of carbonyl (C=O) groups is 2. The molecule has 4 heteroatoms. The minimum Gasteiger partial charge on any atom is -0.481 e. The van der Waals surface area contributed by atoms with Crippen LogP contribution < -0.4 is 0 Å². The number of rotatable bonds is 21. The molecule has 0 saturated carbocycles. The van der Waals surface area contributed by atoms with Crippen LogP contribution in [0.2, 0.25) is 0 Å². The van der Waals surface area contributed by atoms with Crippen LogP contribution in [0.3, 0.4) is 0 Å². The van der Waals surface area contributed by atoms with E-state index in [9.17, 15) is 9.59 Å². The van der Waals surface area contributed by atoms with E-state index in [4.69, 9.17) is 9.84 Å². The Morgan fingerprint density at radius 1 is 0.767 bits per heavy atom. The van der Waals surface area contributed by atoms with Crippen LogP contribution in [0.25, 0.3) is 0 Å². The first-order chi connectivity index (χ1) is 14.6. The summed E-state index contributed by atoms with van der Waals surface area (Å²) < 4.78 is 5.68. The Labute approximate surface area is 185 Å². The van der Waals surface area contributed by atoms with Crippen molar-refractivity contribution in [1.82, 2.24) is 0 Å². The lowest BCUT2D eigenvalue weighted by atomic mass is 10.1. The molecule has 1 unspecified atom stereocenters. The van der Waals surface area contributed by atoms with Crippen LogP contribution in [0, 0.1) is 0 Å². The van der Waals surface area contributed by atoms with Crippen LogP contribution in [-0.2, 0) is 14.3 Å². The highest BCUT2D eigenvalue weighted by Crippen LogP contribution is 2.14. The minimum atomic E-state index is -0.708. The van der Waals surface area contributed by atoms with Crippen LogP contribution in [0.1, 0.15) is 123 Å². The van der Waals surface area contributed by atoms with Gasteiger partial charge in [-0.25, -0.2) is 0 Å². The fourth-order valence-corrected chi connectivity index (χ4v) is 3.28. The highest BCUT2D eigenvalue weighted by Gasteiger charge is 2.11. The molecule has 0 aliphatic rings. The lowest BCUT2D eigenvalue weighted by molar-refractivity contribution is -0.147. The zero-order valence-corrected chi connectivity index (χ0v) is 19.6. The molecule has 30 heavy (non-hydrogen) atoms. The third-order valence-corrected chi connectivity index (χ3v) is 5.16. The molecule has 0 bridgehead atoms. The van der Waals surface area contributed by atoms with Crippen LogP contribution in [0.4, 0.5) is 0 Å². The molecule has 0 aromatic heterocycles. The third-order valence-electron chi connectivity index (χ3n) is 5.16. The number of carbonyl (C=O) groups excluding carboxylic acids is 1. The molecule has 0 radical (unpaired) electrons. The van der Waals surface area contributed by atoms with Gasteiger partial charge in [-0.05, 0) is 51.0 Å². The quantitative estimate of drug-likeness (QED) is 0.117. The summed E-state index contributed by atoms with van der Waals surface area (Å²) in [6.45, 7) is 4.31. The van der Waals surface area contributed by atoms with E-state index in [1.165, 1.54) is 25.7 Å². The zero-order chi connectivity index (χ0) is 22.3. The third kappa shape index (κ3) is 21.1. The van der Waals surface area contributed by atoms with E-state index in [2.05, 4.69) is 38.2 Å². The molecular weight excluding hydrogens is 376 g/mol. The van der Waals surface area contributed by atoms with Crippen molar-refractivity contribution in [3.63, 3.8) is 0 Å². The summed E-state index contributed by atoms with van der Waals surface area (Å²) in [4.78, 5) is 22.5. The molecule has 0 spiro atoms. The summed E-state index contributed by atoms with van der Waals surface area (Å²) in [6.07, 6.45) is 25.3. The molecule has 0 aliphatic carbocycles. The molecule has 0 fully saturated rings. The van der Waals surface area contributed by atoms with Gasteiger partial charge in [-0.1, -0.05) is 83.4 Å². The number of unbranched alkanes of at least 4 members (excludes halogenated alkanes) is 10. The summed E-state index contributed by atoms with van der Waals surface area (Å²) in [7, 11) is 0. The lowest BCUT2D eigenvalue weighted by Gasteiger charge is -2.14. The molecule has 0 aliphatic heterocycles. The van der Waals surface area contributed by atoms with E-state index in [0.29, 0.717) is 6.42 Å². The monoisotopic (exact) mass is 422 g/mol. The first kappa shape index (κ1) is 28.4. The second-order valence-electron chi connectivity index (χ2n) is 8.17. The number of carboxylic acids is 1. The van der Waals surface area contributed by atoms with Crippen LogP contribution in [0.5, 0.6) is 0 Å². The second-order valence-corrected chi connectivity index (χ2v) is 8.17. The summed E-state index contributed by atoms with van der Waals surface area (Å²) >= 11 is 0. The van der Waals surface area contributed by atoms with Gasteiger partial charge in [0.15, 0.2) is 0 Å². The van der Waals surface area contributed by atoms with Crippen LogP contribution >= 0.6 is 0 Å². The first-order valence-electron chi connectivity index (χ1n) is 12.3. The molecule has 4 nitrogen and oxygen atoms in total. The average Bonchev–Trinajstić information content (AvgIpc) is 2.72. The average molecular weight is 423 g/mol. The van der Waals surface area contributed by atoms with Crippen LogP contribution in [-0.4, -0.2) is 23.1 Å².